The molecule has 96 valence electrons. The highest BCUT2D eigenvalue weighted by atomic mass is 16.5. The highest BCUT2D eigenvalue weighted by Crippen LogP contribution is 2.36. The van der Waals surface area contributed by atoms with Gasteiger partial charge in [0.2, 0.25) is 0 Å². The maximum atomic E-state index is 5.46. The van der Waals surface area contributed by atoms with Gasteiger partial charge in [0.1, 0.15) is 12.2 Å². The summed E-state index contributed by atoms with van der Waals surface area (Å²) in [6.45, 7) is 6.32. The summed E-state index contributed by atoms with van der Waals surface area (Å²) in [6, 6.07) is 4.84. The summed E-state index contributed by atoms with van der Waals surface area (Å²) in [5.74, 6) is 2.30. The Morgan fingerprint density at radius 2 is 2.11 bits per heavy atom. The Balaban J connectivity index is 1.96. The standard InChI is InChI=1S/C15H21N2O/c1-11(2)14-10-17(12-5-8-18-9-6-12)15-13(14)4-3-7-16-15/h3-4,7,10-12,14H,5-6,8-9H2,1-2H3/q+1. The van der Waals surface area contributed by atoms with Crippen LogP contribution in [-0.4, -0.2) is 35.0 Å². The minimum Gasteiger partial charge on any atom is -0.381 e. The van der Waals surface area contributed by atoms with E-state index in [0.29, 0.717) is 17.9 Å². The minimum absolute atomic E-state index is 0.511. The van der Waals surface area contributed by atoms with Gasteiger partial charge in [0, 0.05) is 18.8 Å². The van der Waals surface area contributed by atoms with Crippen LogP contribution in [0.1, 0.15) is 38.2 Å². The SMILES string of the molecule is CC(C)C1C=[N+](C2CCOCC2)c2ncccc21. The van der Waals surface area contributed by atoms with Crippen LogP contribution >= 0.6 is 0 Å². The van der Waals surface area contributed by atoms with Gasteiger partial charge in [0.15, 0.2) is 0 Å². The van der Waals surface area contributed by atoms with E-state index in [4.69, 9.17) is 4.74 Å². The van der Waals surface area contributed by atoms with Gasteiger partial charge < -0.3 is 4.74 Å². The largest absolute Gasteiger partial charge is 0.381 e. The Hall–Kier alpha value is -1.22. The van der Waals surface area contributed by atoms with E-state index < -0.39 is 0 Å². The van der Waals surface area contributed by atoms with Crippen LogP contribution in [0.25, 0.3) is 0 Å². The third-order valence-corrected chi connectivity index (χ3v) is 4.04. The molecular weight excluding hydrogens is 224 g/mol. The smallest absolute Gasteiger partial charge is 0.326 e. The Bertz CT molecular complexity index is 461. The molecule has 0 aliphatic carbocycles. The first-order valence-electron chi connectivity index (χ1n) is 6.93. The summed E-state index contributed by atoms with van der Waals surface area (Å²) in [5.41, 5.74) is 1.39. The number of rotatable bonds is 2. The fourth-order valence-electron chi connectivity index (χ4n) is 3.00. The van der Waals surface area contributed by atoms with E-state index in [1.165, 1.54) is 11.4 Å². The van der Waals surface area contributed by atoms with Crippen molar-refractivity contribution in [2.75, 3.05) is 13.2 Å². The van der Waals surface area contributed by atoms with Crippen molar-refractivity contribution in [2.45, 2.75) is 38.6 Å². The van der Waals surface area contributed by atoms with E-state index in [1.54, 1.807) is 0 Å². The van der Waals surface area contributed by atoms with Gasteiger partial charge in [-0.2, -0.15) is 0 Å². The molecule has 2 aliphatic rings. The zero-order valence-electron chi connectivity index (χ0n) is 11.2. The molecule has 0 bridgehead atoms. The number of nitrogens with zero attached hydrogens (tertiary/aromatic N) is 2. The Morgan fingerprint density at radius 1 is 1.33 bits per heavy atom. The van der Waals surface area contributed by atoms with Gasteiger partial charge in [0.05, 0.1) is 25.0 Å². The molecule has 0 amide bonds. The summed E-state index contributed by atoms with van der Waals surface area (Å²) in [4.78, 5) is 4.60. The maximum absolute atomic E-state index is 5.46. The fraction of sp³-hybridized carbons (Fsp3) is 0.600. The number of pyridine rings is 1. The topological polar surface area (TPSA) is 25.1 Å². The van der Waals surface area contributed by atoms with Crippen LogP contribution in [0.3, 0.4) is 0 Å². The lowest BCUT2D eigenvalue weighted by Gasteiger charge is -2.21. The summed E-state index contributed by atoms with van der Waals surface area (Å²) < 4.78 is 7.87. The molecule has 18 heavy (non-hydrogen) atoms. The molecule has 3 heteroatoms. The van der Waals surface area contributed by atoms with Crippen molar-refractivity contribution >= 4 is 12.0 Å². The van der Waals surface area contributed by atoms with Gasteiger partial charge in [-0.05, 0) is 23.0 Å². The van der Waals surface area contributed by atoms with E-state index in [9.17, 15) is 0 Å². The van der Waals surface area contributed by atoms with E-state index in [-0.39, 0.29) is 0 Å². The van der Waals surface area contributed by atoms with Gasteiger partial charge in [0.25, 0.3) is 0 Å². The number of aromatic nitrogens is 1. The molecule has 0 saturated carbocycles. The predicted molar refractivity (Wildman–Crippen MR) is 71.6 cm³/mol. The first-order chi connectivity index (χ1) is 8.77. The molecule has 2 aliphatic heterocycles. The average molecular weight is 245 g/mol. The summed E-state index contributed by atoms with van der Waals surface area (Å²) in [7, 11) is 0. The fourth-order valence-corrected chi connectivity index (χ4v) is 3.00. The molecular formula is C15H21N2O+. The number of ether oxygens (including phenoxy) is 1. The second-order valence-corrected chi connectivity index (χ2v) is 5.59. The molecule has 1 aromatic heterocycles. The van der Waals surface area contributed by atoms with Gasteiger partial charge in [-0.15, -0.1) is 0 Å². The van der Waals surface area contributed by atoms with Crippen molar-refractivity contribution in [3.05, 3.63) is 23.9 Å². The highest BCUT2D eigenvalue weighted by molar-refractivity contribution is 5.71. The van der Waals surface area contributed by atoms with E-state index in [0.717, 1.165) is 26.1 Å². The average Bonchev–Trinajstić information content (AvgIpc) is 2.79. The molecule has 0 spiro atoms. The van der Waals surface area contributed by atoms with Gasteiger partial charge in [-0.25, -0.2) is 4.58 Å². The molecule has 1 unspecified atom stereocenters. The normalized spacial score (nSPS) is 24.2. The lowest BCUT2D eigenvalue weighted by atomic mass is 9.92. The quantitative estimate of drug-likeness (QED) is 0.748. The summed E-state index contributed by atoms with van der Waals surface area (Å²) >= 11 is 0. The second kappa shape index (κ2) is 4.81. The predicted octanol–water partition coefficient (Wildman–Crippen LogP) is 2.73. The lowest BCUT2D eigenvalue weighted by Crippen LogP contribution is -2.30. The molecule has 0 aromatic carbocycles. The zero-order chi connectivity index (χ0) is 12.5. The Kier molecular flexibility index (Phi) is 3.16. The first-order valence-corrected chi connectivity index (χ1v) is 6.93. The van der Waals surface area contributed by atoms with Crippen molar-refractivity contribution in [1.82, 2.24) is 4.98 Å². The molecule has 1 fully saturated rings. The van der Waals surface area contributed by atoms with Crippen LogP contribution in [0, 0.1) is 5.92 Å². The molecule has 1 atom stereocenters. The number of hydrogen-bond acceptors (Lipinski definition) is 2. The molecule has 0 radical (unpaired) electrons. The lowest BCUT2D eigenvalue weighted by molar-refractivity contribution is -0.489. The highest BCUT2D eigenvalue weighted by Gasteiger charge is 2.36. The van der Waals surface area contributed by atoms with E-state index >= 15 is 0 Å². The zero-order valence-corrected chi connectivity index (χ0v) is 11.2. The van der Waals surface area contributed by atoms with E-state index in [1.807, 2.05) is 6.20 Å². The number of fused-ring (bicyclic) bond motifs is 1. The van der Waals surface area contributed by atoms with Gasteiger partial charge in [-0.1, -0.05) is 13.8 Å². The summed E-state index contributed by atoms with van der Waals surface area (Å²) in [5, 5.41) is 0. The van der Waals surface area contributed by atoms with Gasteiger partial charge in [-0.3, -0.25) is 0 Å². The van der Waals surface area contributed by atoms with Crippen molar-refractivity contribution in [3.63, 3.8) is 0 Å². The van der Waals surface area contributed by atoms with Crippen LogP contribution in [0.5, 0.6) is 0 Å². The van der Waals surface area contributed by atoms with Crippen molar-refractivity contribution in [1.29, 1.82) is 0 Å². The van der Waals surface area contributed by atoms with E-state index in [2.05, 4.69) is 41.8 Å². The van der Waals surface area contributed by atoms with Crippen LogP contribution in [0.15, 0.2) is 18.3 Å². The number of hydrogen-bond donors (Lipinski definition) is 0. The monoisotopic (exact) mass is 245 g/mol. The first kappa shape index (κ1) is 11.8. The Morgan fingerprint density at radius 3 is 2.83 bits per heavy atom. The Labute approximate surface area is 109 Å². The van der Waals surface area contributed by atoms with Crippen LogP contribution < -0.4 is 0 Å². The maximum Gasteiger partial charge on any atom is 0.326 e. The molecule has 3 rings (SSSR count). The van der Waals surface area contributed by atoms with Crippen LogP contribution in [0.4, 0.5) is 5.82 Å². The van der Waals surface area contributed by atoms with Crippen LogP contribution in [-0.2, 0) is 4.74 Å². The molecule has 3 nitrogen and oxygen atoms in total. The molecule has 3 heterocycles. The second-order valence-electron chi connectivity index (χ2n) is 5.59. The molecule has 1 saturated heterocycles. The van der Waals surface area contributed by atoms with Gasteiger partial charge >= 0.3 is 5.82 Å². The third-order valence-electron chi connectivity index (χ3n) is 4.04. The van der Waals surface area contributed by atoms with Crippen molar-refractivity contribution in [3.8, 4) is 0 Å². The molecule has 1 aromatic rings. The third kappa shape index (κ3) is 1.97. The summed E-state index contributed by atoms with van der Waals surface area (Å²) in [6.07, 6.45) is 6.51. The van der Waals surface area contributed by atoms with Crippen molar-refractivity contribution in [2.24, 2.45) is 5.92 Å². The molecule has 0 N–H and O–H groups in total. The van der Waals surface area contributed by atoms with Crippen molar-refractivity contribution < 1.29 is 9.31 Å². The minimum atomic E-state index is 0.511. The van der Waals surface area contributed by atoms with Crippen LogP contribution in [0.2, 0.25) is 0 Å².